The second kappa shape index (κ2) is 9.87. The Kier molecular flexibility index (Phi) is 9.26. The summed E-state index contributed by atoms with van der Waals surface area (Å²) in [6.45, 7) is 2.83. The number of carbonyl (C=O) groups excluding carboxylic acids is 1. The molecule has 0 fully saturated rings. The lowest BCUT2D eigenvalue weighted by Gasteiger charge is -2.10. The lowest BCUT2D eigenvalue weighted by atomic mass is 10.2. The minimum Gasteiger partial charge on any atom is -0.481 e. The number of amides is 2. The van der Waals surface area contributed by atoms with Crippen LogP contribution in [0.25, 0.3) is 0 Å². The van der Waals surface area contributed by atoms with Crippen LogP contribution < -0.4 is 10.6 Å². The molecule has 0 aliphatic heterocycles. The van der Waals surface area contributed by atoms with Crippen LogP contribution in [0.4, 0.5) is 4.79 Å². The first kappa shape index (κ1) is 16.9. The molecule has 0 rings (SSSR count). The van der Waals surface area contributed by atoms with Gasteiger partial charge in [0.15, 0.2) is 0 Å². The SMILES string of the molecule is CC(CCNC(=O)NCCCCC(=O)O)S(C)=O. The fraction of sp³-hybridized carbons (Fsp3) is 0.818. The van der Waals surface area contributed by atoms with E-state index in [0.29, 0.717) is 32.4 Å². The molecule has 0 heterocycles. The van der Waals surface area contributed by atoms with Crippen molar-refractivity contribution in [3.05, 3.63) is 0 Å². The largest absolute Gasteiger partial charge is 0.481 e. The minimum atomic E-state index is -0.865. The van der Waals surface area contributed by atoms with Crippen LogP contribution >= 0.6 is 0 Å². The third kappa shape index (κ3) is 10.1. The van der Waals surface area contributed by atoms with E-state index in [1.54, 1.807) is 6.26 Å². The molecule has 106 valence electrons. The summed E-state index contributed by atoms with van der Waals surface area (Å²) in [5.74, 6) is -0.819. The van der Waals surface area contributed by atoms with Gasteiger partial charge >= 0.3 is 12.0 Å². The summed E-state index contributed by atoms with van der Waals surface area (Å²) < 4.78 is 11.1. The molecule has 6 nitrogen and oxygen atoms in total. The van der Waals surface area contributed by atoms with Crippen molar-refractivity contribution in [1.29, 1.82) is 0 Å². The molecule has 18 heavy (non-hydrogen) atoms. The summed E-state index contributed by atoms with van der Waals surface area (Å²) in [4.78, 5) is 21.5. The Bertz CT molecular complexity index is 297. The van der Waals surface area contributed by atoms with Gasteiger partial charge in [0, 0.05) is 41.8 Å². The molecular weight excluding hydrogens is 256 g/mol. The molecule has 0 spiro atoms. The number of hydrogen-bond acceptors (Lipinski definition) is 3. The Labute approximate surface area is 110 Å². The van der Waals surface area contributed by atoms with Crippen molar-refractivity contribution >= 4 is 22.8 Å². The minimum absolute atomic E-state index is 0.0702. The van der Waals surface area contributed by atoms with E-state index in [-0.39, 0.29) is 17.7 Å². The van der Waals surface area contributed by atoms with Gasteiger partial charge in [-0.05, 0) is 19.3 Å². The zero-order chi connectivity index (χ0) is 14.0. The molecule has 2 atom stereocenters. The maximum atomic E-state index is 11.3. The summed E-state index contributed by atoms with van der Waals surface area (Å²) in [5, 5.41) is 13.8. The van der Waals surface area contributed by atoms with Crippen LogP contribution in [0.15, 0.2) is 0 Å². The Balaban J connectivity index is 3.43. The summed E-state index contributed by atoms with van der Waals surface area (Å²) in [5.41, 5.74) is 0. The van der Waals surface area contributed by atoms with E-state index in [0.717, 1.165) is 0 Å². The van der Waals surface area contributed by atoms with Crippen molar-refractivity contribution in [1.82, 2.24) is 10.6 Å². The first-order valence-corrected chi connectivity index (χ1v) is 7.61. The van der Waals surface area contributed by atoms with Crippen molar-refractivity contribution < 1.29 is 18.9 Å². The Hall–Kier alpha value is -1.11. The number of carboxylic acid groups (broad SMARTS) is 1. The van der Waals surface area contributed by atoms with E-state index >= 15 is 0 Å². The number of carbonyl (C=O) groups is 2. The topological polar surface area (TPSA) is 95.5 Å². The third-order valence-corrected chi connectivity index (χ3v) is 3.88. The van der Waals surface area contributed by atoms with Gasteiger partial charge in [-0.25, -0.2) is 4.79 Å². The summed E-state index contributed by atoms with van der Waals surface area (Å²) in [7, 11) is -0.865. The summed E-state index contributed by atoms with van der Waals surface area (Å²) in [6, 6.07) is -0.264. The molecular formula is C11H22N2O4S. The number of urea groups is 1. The molecule has 0 aliphatic rings. The molecule has 0 bridgehead atoms. The van der Waals surface area contributed by atoms with Crippen LogP contribution in [-0.4, -0.2) is 45.9 Å². The number of rotatable bonds is 9. The van der Waals surface area contributed by atoms with Gasteiger partial charge < -0.3 is 15.7 Å². The van der Waals surface area contributed by atoms with Gasteiger partial charge in [0.1, 0.15) is 0 Å². The fourth-order valence-electron chi connectivity index (χ4n) is 1.22. The standard InChI is InChI=1S/C11H22N2O4S/c1-9(18(2)17)6-8-13-11(16)12-7-4-3-5-10(14)15/h9H,3-8H2,1-2H3,(H,14,15)(H2,12,13,16). The van der Waals surface area contributed by atoms with Gasteiger partial charge in [-0.15, -0.1) is 0 Å². The van der Waals surface area contributed by atoms with Crippen LogP contribution in [0.2, 0.25) is 0 Å². The van der Waals surface area contributed by atoms with E-state index in [1.165, 1.54) is 0 Å². The normalized spacial score (nSPS) is 13.7. The zero-order valence-corrected chi connectivity index (χ0v) is 11.7. The van der Waals surface area contributed by atoms with Crippen molar-refractivity contribution in [3.8, 4) is 0 Å². The van der Waals surface area contributed by atoms with Gasteiger partial charge in [0.2, 0.25) is 0 Å². The van der Waals surface area contributed by atoms with E-state index in [1.807, 2.05) is 6.92 Å². The predicted octanol–water partition coefficient (Wildman–Crippen LogP) is 0.698. The van der Waals surface area contributed by atoms with E-state index < -0.39 is 16.8 Å². The quantitative estimate of drug-likeness (QED) is 0.541. The zero-order valence-electron chi connectivity index (χ0n) is 10.9. The lowest BCUT2D eigenvalue weighted by Crippen LogP contribution is -2.37. The van der Waals surface area contributed by atoms with Crippen LogP contribution in [0.1, 0.15) is 32.6 Å². The molecule has 0 saturated heterocycles. The van der Waals surface area contributed by atoms with Crippen LogP contribution in [0.3, 0.4) is 0 Å². The molecule has 3 N–H and O–H groups in total. The molecule has 0 aromatic carbocycles. The van der Waals surface area contributed by atoms with Gasteiger partial charge in [-0.3, -0.25) is 9.00 Å². The highest BCUT2D eigenvalue weighted by Crippen LogP contribution is 1.97. The number of unbranched alkanes of at least 4 members (excludes halogenated alkanes) is 1. The molecule has 2 unspecified atom stereocenters. The second-order valence-electron chi connectivity index (χ2n) is 4.13. The summed E-state index contributed by atoms with van der Waals surface area (Å²) >= 11 is 0. The highest BCUT2D eigenvalue weighted by Gasteiger charge is 2.06. The van der Waals surface area contributed by atoms with Gasteiger partial charge in [-0.1, -0.05) is 6.92 Å². The van der Waals surface area contributed by atoms with Crippen molar-refractivity contribution in [2.24, 2.45) is 0 Å². The average Bonchev–Trinajstić information content (AvgIpc) is 2.27. The average molecular weight is 278 g/mol. The number of aliphatic carboxylic acids is 1. The molecule has 7 heteroatoms. The Morgan fingerprint density at radius 2 is 1.83 bits per heavy atom. The Morgan fingerprint density at radius 1 is 1.22 bits per heavy atom. The van der Waals surface area contributed by atoms with Crippen LogP contribution in [0, 0.1) is 0 Å². The number of nitrogens with one attached hydrogen (secondary N) is 2. The second-order valence-corrected chi connectivity index (χ2v) is 5.93. The van der Waals surface area contributed by atoms with E-state index in [4.69, 9.17) is 5.11 Å². The van der Waals surface area contributed by atoms with Gasteiger partial charge in [0.05, 0.1) is 0 Å². The predicted molar refractivity (Wildman–Crippen MR) is 71.0 cm³/mol. The highest BCUT2D eigenvalue weighted by atomic mass is 32.2. The fourth-order valence-corrected chi connectivity index (χ4v) is 1.67. The monoisotopic (exact) mass is 278 g/mol. The number of hydrogen-bond donors (Lipinski definition) is 3. The van der Waals surface area contributed by atoms with Crippen LogP contribution in [0.5, 0.6) is 0 Å². The maximum absolute atomic E-state index is 11.3. The smallest absolute Gasteiger partial charge is 0.314 e. The molecule has 0 radical (unpaired) electrons. The van der Waals surface area contributed by atoms with E-state index in [2.05, 4.69) is 10.6 Å². The molecule has 0 aromatic rings. The molecule has 0 aromatic heterocycles. The highest BCUT2D eigenvalue weighted by molar-refractivity contribution is 7.84. The summed E-state index contributed by atoms with van der Waals surface area (Å²) in [6.07, 6.45) is 3.66. The molecule has 2 amide bonds. The number of carboxylic acids is 1. The van der Waals surface area contributed by atoms with Crippen molar-refractivity contribution in [2.75, 3.05) is 19.3 Å². The molecule has 0 saturated carbocycles. The Morgan fingerprint density at radius 3 is 2.39 bits per heavy atom. The first-order valence-electron chi connectivity index (χ1n) is 5.99. The molecule has 0 aliphatic carbocycles. The van der Waals surface area contributed by atoms with E-state index in [9.17, 15) is 13.8 Å². The van der Waals surface area contributed by atoms with Gasteiger partial charge in [-0.2, -0.15) is 0 Å². The maximum Gasteiger partial charge on any atom is 0.314 e. The first-order chi connectivity index (χ1) is 8.43. The lowest BCUT2D eigenvalue weighted by molar-refractivity contribution is -0.137. The van der Waals surface area contributed by atoms with Crippen molar-refractivity contribution in [3.63, 3.8) is 0 Å². The third-order valence-electron chi connectivity index (χ3n) is 2.51. The van der Waals surface area contributed by atoms with Gasteiger partial charge in [0.25, 0.3) is 0 Å². The van der Waals surface area contributed by atoms with Crippen molar-refractivity contribution in [2.45, 2.75) is 37.9 Å². The van der Waals surface area contributed by atoms with Crippen LogP contribution in [-0.2, 0) is 15.6 Å².